The Labute approximate surface area is 152 Å². The molecule has 0 aliphatic carbocycles. The first-order valence-electron chi connectivity index (χ1n) is 9.09. The Morgan fingerprint density at radius 1 is 1.35 bits per heavy atom. The summed E-state index contributed by atoms with van der Waals surface area (Å²) in [7, 11) is 0. The predicted octanol–water partition coefficient (Wildman–Crippen LogP) is 1.04. The van der Waals surface area contributed by atoms with Crippen LogP contribution in [-0.4, -0.2) is 50.0 Å². The number of fused-ring (bicyclic) bond motifs is 2. The first kappa shape index (κ1) is 17.0. The molecule has 4 rings (SSSR count). The lowest BCUT2D eigenvalue weighted by molar-refractivity contribution is -0.141. The van der Waals surface area contributed by atoms with Crippen molar-refractivity contribution in [3.05, 3.63) is 35.7 Å². The van der Waals surface area contributed by atoms with Crippen molar-refractivity contribution in [3.8, 4) is 0 Å². The van der Waals surface area contributed by atoms with Crippen LogP contribution in [0.15, 0.2) is 18.6 Å². The molecule has 1 spiro atoms. The highest BCUT2D eigenvalue weighted by Crippen LogP contribution is 2.40. The molecule has 4 heterocycles. The molecular formula is C18H24N6O2. The van der Waals surface area contributed by atoms with Crippen LogP contribution in [0.2, 0.25) is 0 Å². The first-order chi connectivity index (χ1) is 12.6. The molecule has 0 radical (unpaired) electrons. The van der Waals surface area contributed by atoms with E-state index in [-0.39, 0.29) is 11.9 Å². The third kappa shape index (κ3) is 3.05. The van der Waals surface area contributed by atoms with Crippen LogP contribution in [0.4, 0.5) is 5.95 Å². The Hall–Kier alpha value is -2.48. The van der Waals surface area contributed by atoms with Crippen LogP contribution in [0.3, 0.4) is 0 Å². The molecule has 8 heteroatoms. The lowest BCUT2D eigenvalue weighted by atomic mass is 9.83. The van der Waals surface area contributed by atoms with E-state index < -0.39 is 5.60 Å². The number of rotatable bonds is 3. The van der Waals surface area contributed by atoms with Crippen LogP contribution >= 0.6 is 0 Å². The normalized spacial score (nSPS) is 18.7. The van der Waals surface area contributed by atoms with Gasteiger partial charge in [-0.15, -0.1) is 0 Å². The minimum atomic E-state index is -0.428. The molecule has 138 valence electrons. The number of nitrogens with two attached hydrogens (primary N) is 1. The topological polar surface area (TPSA) is 99.2 Å². The highest BCUT2D eigenvalue weighted by atomic mass is 16.5. The molecule has 2 aliphatic rings. The number of aromatic nitrogens is 4. The molecule has 1 amide bonds. The molecule has 2 N–H and O–H groups in total. The summed E-state index contributed by atoms with van der Waals surface area (Å²) in [6, 6.07) is 0. The molecule has 8 nitrogen and oxygen atoms in total. The maximum atomic E-state index is 12.6. The van der Waals surface area contributed by atoms with Gasteiger partial charge in [-0.3, -0.25) is 4.79 Å². The van der Waals surface area contributed by atoms with E-state index in [4.69, 9.17) is 10.5 Å². The summed E-state index contributed by atoms with van der Waals surface area (Å²) in [6.07, 6.45) is 8.26. The summed E-state index contributed by atoms with van der Waals surface area (Å²) in [6.45, 7) is 4.61. The Morgan fingerprint density at radius 2 is 2.15 bits per heavy atom. The van der Waals surface area contributed by atoms with E-state index >= 15 is 0 Å². The smallest absolute Gasteiger partial charge is 0.224 e. The number of nitrogens with zero attached hydrogens (tertiary/aromatic N) is 5. The first-order valence-corrected chi connectivity index (χ1v) is 9.09. The summed E-state index contributed by atoms with van der Waals surface area (Å²) in [5, 5.41) is 0. The second kappa shape index (κ2) is 6.68. The van der Waals surface area contributed by atoms with E-state index in [1.165, 1.54) is 0 Å². The Bertz CT molecular complexity index is 810. The minimum Gasteiger partial charge on any atom is -0.368 e. The van der Waals surface area contributed by atoms with E-state index in [1.54, 1.807) is 6.20 Å². The largest absolute Gasteiger partial charge is 0.368 e. The quantitative estimate of drug-likeness (QED) is 0.882. The predicted molar refractivity (Wildman–Crippen MR) is 95.2 cm³/mol. The molecule has 2 aromatic rings. The number of imidazole rings is 1. The molecule has 0 unspecified atom stereocenters. The molecule has 2 aromatic heterocycles. The fourth-order valence-corrected chi connectivity index (χ4v) is 3.94. The van der Waals surface area contributed by atoms with Gasteiger partial charge in [0, 0.05) is 44.6 Å². The molecule has 2 aliphatic heterocycles. The van der Waals surface area contributed by atoms with Crippen molar-refractivity contribution in [3.63, 3.8) is 0 Å². The van der Waals surface area contributed by atoms with E-state index in [9.17, 15) is 4.79 Å². The monoisotopic (exact) mass is 356 g/mol. The van der Waals surface area contributed by atoms with Crippen molar-refractivity contribution in [2.45, 2.75) is 44.8 Å². The number of carbonyl (C=O) groups excluding carboxylic acids is 1. The van der Waals surface area contributed by atoms with Gasteiger partial charge in [-0.2, -0.15) is 0 Å². The zero-order chi connectivity index (χ0) is 18.1. The van der Waals surface area contributed by atoms with Gasteiger partial charge in [-0.25, -0.2) is 15.0 Å². The number of ether oxygens (including phenoxy) is 1. The summed E-state index contributed by atoms with van der Waals surface area (Å²) < 4.78 is 8.16. The number of aryl methyl sites for hydroxylation is 2. The van der Waals surface area contributed by atoms with E-state index in [0.717, 1.165) is 36.3 Å². The Morgan fingerprint density at radius 3 is 2.88 bits per heavy atom. The van der Waals surface area contributed by atoms with Crippen LogP contribution in [0.5, 0.6) is 0 Å². The number of amides is 1. The van der Waals surface area contributed by atoms with Gasteiger partial charge in [0.25, 0.3) is 0 Å². The summed E-state index contributed by atoms with van der Waals surface area (Å²) >= 11 is 0. The van der Waals surface area contributed by atoms with Gasteiger partial charge in [0.05, 0.1) is 12.3 Å². The van der Waals surface area contributed by atoms with Gasteiger partial charge >= 0.3 is 0 Å². The number of nitrogen functional groups attached to an aromatic ring is 1. The highest BCUT2D eigenvalue weighted by molar-refractivity contribution is 5.76. The molecule has 1 saturated heterocycles. The lowest BCUT2D eigenvalue weighted by Crippen LogP contribution is -2.49. The van der Waals surface area contributed by atoms with Crippen molar-refractivity contribution in [1.82, 2.24) is 24.4 Å². The van der Waals surface area contributed by atoms with E-state index in [1.807, 2.05) is 28.8 Å². The number of piperidine rings is 1. The fraction of sp³-hybridized carbons (Fsp3) is 0.556. The molecule has 0 atom stereocenters. The van der Waals surface area contributed by atoms with Gasteiger partial charge in [-0.05, 0) is 31.7 Å². The van der Waals surface area contributed by atoms with Crippen molar-refractivity contribution < 1.29 is 9.53 Å². The zero-order valence-electron chi connectivity index (χ0n) is 15.0. The van der Waals surface area contributed by atoms with E-state index in [2.05, 4.69) is 15.0 Å². The number of carbonyl (C=O) groups is 1. The van der Waals surface area contributed by atoms with Crippen molar-refractivity contribution in [2.75, 3.05) is 25.4 Å². The SMILES string of the molecule is Cc1nccn1CCC(=O)N1CCC2(CC1)OCCc1cnc(N)nc12. The highest BCUT2D eigenvalue weighted by Gasteiger charge is 2.43. The number of hydrogen-bond acceptors (Lipinski definition) is 6. The van der Waals surface area contributed by atoms with Crippen LogP contribution < -0.4 is 5.73 Å². The average Bonchev–Trinajstić information content (AvgIpc) is 3.06. The van der Waals surface area contributed by atoms with Crippen LogP contribution in [0.25, 0.3) is 0 Å². The summed E-state index contributed by atoms with van der Waals surface area (Å²) in [4.78, 5) is 27.3. The van der Waals surface area contributed by atoms with Gasteiger partial charge < -0.3 is 19.9 Å². The maximum absolute atomic E-state index is 12.6. The molecule has 26 heavy (non-hydrogen) atoms. The second-order valence-electron chi connectivity index (χ2n) is 6.99. The Balaban J connectivity index is 1.41. The molecule has 0 saturated carbocycles. The molecular weight excluding hydrogens is 332 g/mol. The van der Waals surface area contributed by atoms with Gasteiger partial charge in [-0.1, -0.05) is 0 Å². The van der Waals surface area contributed by atoms with Crippen molar-refractivity contribution in [2.24, 2.45) is 0 Å². The second-order valence-corrected chi connectivity index (χ2v) is 6.99. The van der Waals surface area contributed by atoms with Gasteiger partial charge in [0.1, 0.15) is 11.4 Å². The van der Waals surface area contributed by atoms with Crippen molar-refractivity contribution in [1.29, 1.82) is 0 Å². The van der Waals surface area contributed by atoms with E-state index in [0.29, 0.717) is 32.7 Å². The zero-order valence-corrected chi connectivity index (χ0v) is 15.0. The number of anilines is 1. The molecule has 1 fully saturated rings. The summed E-state index contributed by atoms with van der Waals surface area (Å²) in [5.74, 6) is 1.38. The lowest BCUT2D eigenvalue weighted by Gasteiger charge is -2.44. The third-order valence-electron chi connectivity index (χ3n) is 5.48. The van der Waals surface area contributed by atoms with Crippen molar-refractivity contribution >= 4 is 11.9 Å². The van der Waals surface area contributed by atoms with Crippen LogP contribution in [-0.2, 0) is 28.1 Å². The number of hydrogen-bond donors (Lipinski definition) is 1. The average molecular weight is 356 g/mol. The van der Waals surface area contributed by atoms with Crippen LogP contribution in [0.1, 0.15) is 36.3 Å². The van der Waals surface area contributed by atoms with Crippen LogP contribution in [0, 0.1) is 6.92 Å². The maximum Gasteiger partial charge on any atom is 0.224 e. The summed E-state index contributed by atoms with van der Waals surface area (Å²) in [5.41, 5.74) is 7.39. The Kier molecular flexibility index (Phi) is 4.36. The fourth-order valence-electron chi connectivity index (χ4n) is 3.94. The minimum absolute atomic E-state index is 0.172. The van der Waals surface area contributed by atoms with Gasteiger partial charge in [0.15, 0.2) is 0 Å². The molecule has 0 bridgehead atoms. The standard InChI is InChI=1S/C18H24N6O2/c1-13-20-6-10-23(13)7-2-15(25)24-8-4-18(5-9-24)16-14(3-11-26-18)12-21-17(19)22-16/h6,10,12H,2-5,7-9,11H2,1H3,(H2,19,21,22). The number of likely N-dealkylation sites (tertiary alicyclic amines) is 1. The third-order valence-corrected chi connectivity index (χ3v) is 5.48. The molecule has 0 aromatic carbocycles. The van der Waals surface area contributed by atoms with Gasteiger partial charge in [0.2, 0.25) is 11.9 Å².